The maximum absolute atomic E-state index is 12.7. The van der Waals surface area contributed by atoms with Crippen molar-refractivity contribution in [3.05, 3.63) is 23.5 Å². The van der Waals surface area contributed by atoms with E-state index in [9.17, 15) is 9.59 Å². The van der Waals surface area contributed by atoms with Crippen molar-refractivity contribution in [2.24, 2.45) is 11.8 Å². The van der Waals surface area contributed by atoms with E-state index in [0.29, 0.717) is 50.0 Å². The van der Waals surface area contributed by atoms with Gasteiger partial charge in [0.15, 0.2) is 5.65 Å². The molecule has 1 saturated carbocycles. The fourth-order valence-corrected chi connectivity index (χ4v) is 5.59. The molecule has 5 rings (SSSR count). The van der Waals surface area contributed by atoms with E-state index in [0.717, 1.165) is 35.6 Å². The van der Waals surface area contributed by atoms with Gasteiger partial charge in [-0.1, -0.05) is 13.8 Å². The number of fused-ring (bicyclic) bond motifs is 2. The van der Waals surface area contributed by atoms with Crippen LogP contribution in [0.15, 0.2) is 12.3 Å². The molecule has 196 valence electrons. The van der Waals surface area contributed by atoms with Gasteiger partial charge >= 0.3 is 12.2 Å². The molecule has 2 saturated heterocycles. The van der Waals surface area contributed by atoms with Gasteiger partial charge in [0, 0.05) is 36.5 Å². The number of carbonyl (C=O) groups excluding carboxylic acids is 2. The largest absolute Gasteiger partial charge is 0.444 e. The Kier molecular flexibility index (Phi) is 6.24. The SMILES string of the molecule is Cc1cc(NC2CC3CN(C(=O)OC4CN(C(=O)OC(C)(C)C)C4)CC3C2)n2ncc(C(C)C)c2n1. The van der Waals surface area contributed by atoms with Crippen LogP contribution in [0.2, 0.25) is 0 Å². The Labute approximate surface area is 212 Å². The zero-order chi connectivity index (χ0) is 25.8. The molecule has 2 unspecified atom stereocenters. The van der Waals surface area contributed by atoms with Crippen molar-refractivity contribution in [2.45, 2.75) is 78.0 Å². The molecule has 1 N–H and O–H groups in total. The van der Waals surface area contributed by atoms with Gasteiger partial charge in [0.1, 0.15) is 17.5 Å². The third-order valence-electron chi connectivity index (χ3n) is 7.38. The van der Waals surface area contributed by atoms with Crippen molar-refractivity contribution in [3.63, 3.8) is 0 Å². The molecular weight excluding hydrogens is 460 g/mol. The van der Waals surface area contributed by atoms with Gasteiger partial charge in [-0.05, 0) is 58.3 Å². The first kappa shape index (κ1) is 24.6. The molecule has 2 aliphatic heterocycles. The van der Waals surface area contributed by atoms with E-state index < -0.39 is 5.60 Å². The molecule has 4 heterocycles. The van der Waals surface area contributed by atoms with Crippen molar-refractivity contribution < 1.29 is 19.1 Å². The maximum Gasteiger partial charge on any atom is 0.410 e. The second-order valence-electron chi connectivity index (χ2n) is 11.9. The van der Waals surface area contributed by atoms with Crippen LogP contribution >= 0.6 is 0 Å². The number of nitrogens with zero attached hydrogens (tertiary/aromatic N) is 5. The fourth-order valence-electron chi connectivity index (χ4n) is 5.59. The molecule has 0 spiro atoms. The number of anilines is 1. The van der Waals surface area contributed by atoms with Crippen LogP contribution in [0, 0.1) is 18.8 Å². The van der Waals surface area contributed by atoms with E-state index >= 15 is 0 Å². The zero-order valence-electron chi connectivity index (χ0n) is 22.2. The fraction of sp³-hybridized carbons (Fsp3) is 0.692. The molecular formula is C26H38N6O4. The number of hydrogen-bond acceptors (Lipinski definition) is 7. The summed E-state index contributed by atoms with van der Waals surface area (Å²) in [5, 5.41) is 8.30. The van der Waals surface area contributed by atoms with Crippen LogP contribution in [0.3, 0.4) is 0 Å². The van der Waals surface area contributed by atoms with Gasteiger partial charge in [-0.15, -0.1) is 0 Å². The summed E-state index contributed by atoms with van der Waals surface area (Å²) in [7, 11) is 0. The average molecular weight is 499 g/mol. The van der Waals surface area contributed by atoms with E-state index in [1.807, 2.05) is 43.3 Å². The number of amides is 2. The lowest BCUT2D eigenvalue weighted by Gasteiger charge is -2.39. The van der Waals surface area contributed by atoms with Gasteiger partial charge in [0.05, 0.1) is 19.3 Å². The average Bonchev–Trinajstić information content (AvgIpc) is 3.41. The summed E-state index contributed by atoms with van der Waals surface area (Å²) in [6, 6.07) is 2.39. The van der Waals surface area contributed by atoms with E-state index in [1.165, 1.54) is 0 Å². The molecule has 0 radical (unpaired) electrons. The van der Waals surface area contributed by atoms with Crippen molar-refractivity contribution in [2.75, 3.05) is 31.5 Å². The summed E-state index contributed by atoms with van der Waals surface area (Å²) >= 11 is 0. The zero-order valence-corrected chi connectivity index (χ0v) is 22.2. The minimum Gasteiger partial charge on any atom is -0.444 e. The Balaban J connectivity index is 1.11. The van der Waals surface area contributed by atoms with Crippen LogP contribution in [-0.4, -0.2) is 80.5 Å². The number of carbonyl (C=O) groups is 2. The summed E-state index contributed by atoms with van der Waals surface area (Å²) in [5.41, 5.74) is 2.51. The summed E-state index contributed by atoms with van der Waals surface area (Å²) in [6.45, 7) is 14.1. The van der Waals surface area contributed by atoms with Crippen molar-refractivity contribution in [1.82, 2.24) is 24.4 Å². The van der Waals surface area contributed by atoms with Crippen LogP contribution in [0.25, 0.3) is 5.65 Å². The lowest BCUT2D eigenvalue weighted by Crippen LogP contribution is -2.57. The predicted molar refractivity (Wildman–Crippen MR) is 135 cm³/mol. The van der Waals surface area contributed by atoms with Gasteiger partial charge in [-0.3, -0.25) is 0 Å². The Bertz CT molecular complexity index is 1140. The van der Waals surface area contributed by atoms with Crippen molar-refractivity contribution in [3.8, 4) is 0 Å². The van der Waals surface area contributed by atoms with Gasteiger partial charge in [0.2, 0.25) is 0 Å². The summed E-state index contributed by atoms with van der Waals surface area (Å²) in [4.78, 5) is 32.9. The second kappa shape index (κ2) is 9.12. The summed E-state index contributed by atoms with van der Waals surface area (Å²) in [5.74, 6) is 2.25. The number of ether oxygens (including phenoxy) is 2. The molecule has 10 nitrogen and oxygen atoms in total. The van der Waals surface area contributed by atoms with Crippen LogP contribution in [0.4, 0.5) is 15.4 Å². The quantitative estimate of drug-likeness (QED) is 0.679. The Hall–Kier alpha value is -3.04. The number of aromatic nitrogens is 3. The molecule has 0 aromatic carbocycles. The molecule has 2 aromatic rings. The standard InChI is InChI=1S/C26H38N6O4/c1-15(2)21-10-27-32-22(7-16(3)28-23(21)32)29-19-8-17-11-30(12-18(17)9-19)24(33)35-20-13-31(14-20)25(34)36-26(4,5)6/h7,10,15,17-20,29H,8-9,11-14H2,1-6H3. The van der Waals surface area contributed by atoms with Crippen LogP contribution < -0.4 is 5.32 Å². The molecule has 3 fully saturated rings. The summed E-state index contributed by atoms with van der Waals surface area (Å²) < 4.78 is 12.9. The minimum atomic E-state index is -0.531. The van der Waals surface area contributed by atoms with Gasteiger partial charge in [0.25, 0.3) is 0 Å². The third-order valence-corrected chi connectivity index (χ3v) is 7.38. The summed E-state index contributed by atoms with van der Waals surface area (Å²) in [6.07, 6.45) is 3.03. The van der Waals surface area contributed by atoms with Crippen molar-refractivity contribution in [1.29, 1.82) is 0 Å². The Morgan fingerprint density at radius 2 is 1.69 bits per heavy atom. The first-order valence-electron chi connectivity index (χ1n) is 13.0. The number of aryl methyl sites for hydroxylation is 1. The number of likely N-dealkylation sites (tertiary alicyclic amines) is 2. The maximum atomic E-state index is 12.7. The molecule has 10 heteroatoms. The van der Waals surface area contributed by atoms with Crippen LogP contribution in [0.1, 0.15) is 64.6 Å². The lowest BCUT2D eigenvalue weighted by molar-refractivity contribution is -0.0428. The normalized spacial score (nSPS) is 24.2. The first-order chi connectivity index (χ1) is 17.0. The minimum absolute atomic E-state index is 0.262. The molecule has 2 amide bonds. The second-order valence-corrected chi connectivity index (χ2v) is 11.9. The predicted octanol–water partition coefficient (Wildman–Crippen LogP) is 4.04. The highest BCUT2D eigenvalue weighted by Crippen LogP contribution is 2.40. The van der Waals surface area contributed by atoms with Gasteiger partial charge < -0.3 is 24.6 Å². The van der Waals surface area contributed by atoms with Gasteiger partial charge in [-0.25, -0.2) is 14.6 Å². The molecule has 3 aliphatic rings. The number of hydrogen-bond donors (Lipinski definition) is 1. The number of nitrogens with one attached hydrogen (secondary N) is 1. The van der Waals surface area contributed by atoms with Crippen LogP contribution in [-0.2, 0) is 9.47 Å². The molecule has 36 heavy (non-hydrogen) atoms. The van der Waals surface area contributed by atoms with E-state index in [4.69, 9.17) is 14.5 Å². The molecule has 2 aromatic heterocycles. The molecule has 0 bridgehead atoms. The third kappa shape index (κ3) is 4.95. The number of rotatable bonds is 4. The lowest BCUT2D eigenvalue weighted by atomic mass is 10.0. The van der Waals surface area contributed by atoms with E-state index in [2.05, 4.69) is 30.3 Å². The van der Waals surface area contributed by atoms with E-state index in [1.54, 1.807) is 4.90 Å². The van der Waals surface area contributed by atoms with Crippen molar-refractivity contribution >= 4 is 23.7 Å². The van der Waals surface area contributed by atoms with Gasteiger partial charge in [-0.2, -0.15) is 9.61 Å². The topological polar surface area (TPSA) is 101 Å². The highest BCUT2D eigenvalue weighted by atomic mass is 16.6. The van der Waals surface area contributed by atoms with E-state index in [-0.39, 0.29) is 18.3 Å². The molecule has 1 aliphatic carbocycles. The highest BCUT2D eigenvalue weighted by molar-refractivity contribution is 5.71. The highest BCUT2D eigenvalue weighted by Gasteiger charge is 2.44. The Morgan fingerprint density at radius 1 is 1.06 bits per heavy atom. The first-order valence-corrected chi connectivity index (χ1v) is 13.0. The smallest absolute Gasteiger partial charge is 0.410 e. The monoisotopic (exact) mass is 498 g/mol. The van der Waals surface area contributed by atoms with Crippen LogP contribution in [0.5, 0.6) is 0 Å². The Morgan fingerprint density at radius 3 is 2.31 bits per heavy atom. The molecule has 2 atom stereocenters.